The second kappa shape index (κ2) is 6.70. The molecule has 1 unspecified atom stereocenters. The highest BCUT2D eigenvalue weighted by Gasteiger charge is 2.27. The molecule has 2 rings (SSSR count). The maximum Gasteiger partial charge on any atom is 0.254 e. The van der Waals surface area contributed by atoms with E-state index in [1.54, 1.807) is 6.07 Å². The Labute approximate surface area is 120 Å². The number of aryl methyl sites for hydroxylation is 1. The number of piperidine rings is 1. The van der Waals surface area contributed by atoms with Crippen LogP contribution in [0.15, 0.2) is 12.1 Å². The number of nitrogens with two attached hydrogens (primary N) is 1. The molecule has 1 fully saturated rings. The Morgan fingerprint density at radius 1 is 1.50 bits per heavy atom. The fraction of sp³-hybridized carbons (Fsp3) is 0.600. The van der Waals surface area contributed by atoms with Crippen molar-refractivity contribution in [2.45, 2.75) is 52.0 Å². The van der Waals surface area contributed by atoms with Crippen molar-refractivity contribution in [2.24, 2.45) is 5.84 Å². The highest BCUT2D eigenvalue weighted by Crippen LogP contribution is 2.23. The van der Waals surface area contributed by atoms with Crippen LogP contribution >= 0.6 is 0 Å². The summed E-state index contributed by atoms with van der Waals surface area (Å²) in [5.41, 5.74) is 3.99. The fourth-order valence-corrected chi connectivity index (χ4v) is 2.93. The summed E-state index contributed by atoms with van der Waals surface area (Å²) in [5.74, 6) is 6.05. The van der Waals surface area contributed by atoms with Gasteiger partial charge in [-0.2, -0.15) is 0 Å². The summed E-state index contributed by atoms with van der Waals surface area (Å²) in [7, 11) is 0. The molecule has 5 nitrogen and oxygen atoms in total. The van der Waals surface area contributed by atoms with Crippen LogP contribution in [0.3, 0.4) is 0 Å². The monoisotopic (exact) mass is 276 g/mol. The van der Waals surface area contributed by atoms with E-state index < -0.39 is 0 Å². The second-order valence-corrected chi connectivity index (χ2v) is 5.46. The lowest BCUT2D eigenvalue weighted by atomic mass is 9.97. The second-order valence-electron chi connectivity index (χ2n) is 5.46. The molecule has 1 saturated heterocycles. The van der Waals surface area contributed by atoms with E-state index in [1.165, 1.54) is 6.42 Å². The van der Waals surface area contributed by atoms with Crippen LogP contribution in [0.5, 0.6) is 0 Å². The first-order chi connectivity index (χ1) is 9.65. The number of hydrogen-bond donors (Lipinski definition) is 2. The maximum atomic E-state index is 12.7. The SMILES string of the molecule is CCCC1CCCCN1C(=O)c1cc(C)nc(NN)c1. The maximum absolute atomic E-state index is 12.7. The Kier molecular flexibility index (Phi) is 4.95. The van der Waals surface area contributed by atoms with Gasteiger partial charge < -0.3 is 10.3 Å². The molecule has 2 heterocycles. The number of carbonyl (C=O) groups excluding carboxylic acids is 1. The molecule has 3 N–H and O–H groups in total. The number of rotatable bonds is 4. The number of nitrogen functional groups attached to an aromatic ring is 1. The highest BCUT2D eigenvalue weighted by molar-refractivity contribution is 5.95. The molecule has 110 valence electrons. The van der Waals surface area contributed by atoms with E-state index in [2.05, 4.69) is 17.3 Å². The van der Waals surface area contributed by atoms with E-state index in [-0.39, 0.29) is 5.91 Å². The Bertz CT molecular complexity index is 473. The fourth-order valence-electron chi connectivity index (χ4n) is 2.93. The van der Waals surface area contributed by atoms with E-state index in [4.69, 9.17) is 5.84 Å². The summed E-state index contributed by atoms with van der Waals surface area (Å²) in [6, 6.07) is 3.94. The summed E-state index contributed by atoms with van der Waals surface area (Å²) in [6.45, 7) is 4.90. The van der Waals surface area contributed by atoms with Crippen molar-refractivity contribution in [3.05, 3.63) is 23.4 Å². The molecule has 5 heteroatoms. The Balaban J connectivity index is 2.22. The zero-order valence-corrected chi connectivity index (χ0v) is 12.4. The van der Waals surface area contributed by atoms with Crippen LogP contribution in [0.4, 0.5) is 5.82 Å². The quantitative estimate of drug-likeness (QED) is 0.654. The van der Waals surface area contributed by atoms with Crippen molar-refractivity contribution >= 4 is 11.7 Å². The predicted molar refractivity (Wildman–Crippen MR) is 80.4 cm³/mol. The summed E-state index contributed by atoms with van der Waals surface area (Å²) >= 11 is 0. The van der Waals surface area contributed by atoms with E-state index in [1.807, 2.05) is 17.9 Å². The van der Waals surface area contributed by atoms with Gasteiger partial charge in [0.25, 0.3) is 5.91 Å². The van der Waals surface area contributed by atoms with Crippen LogP contribution in [0.1, 0.15) is 55.1 Å². The van der Waals surface area contributed by atoms with Gasteiger partial charge in [-0.3, -0.25) is 4.79 Å². The molecule has 0 aromatic carbocycles. The third kappa shape index (κ3) is 3.28. The average molecular weight is 276 g/mol. The lowest BCUT2D eigenvalue weighted by molar-refractivity contribution is 0.0600. The van der Waals surface area contributed by atoms with Crippen molar-refractivity contribution in [1.29, 1.82) is 0 Å². The number of nitrogens with one attached hydrogen (secondary N) is 1. The summed E-state index contributed by atoms with van der Waals surface area (Å²) in [6.07, 6.45) is 5.63. The minimum Gasteiger partial charge on any atom is -0.336 e. The number of amides is 1. The van der Waals surface area contributed by atoms with Gasteiger partial charge in [0.2, 0.25) is 0 Å². The number of anilines is 1. The number of nitrogens with zero attached hydrogens (tertiary/aromatic N) is 2. The standard InChI is InChI=1S/C15H24N4O/c1-3-6-13-7-4-5-8-19(13)15(20)12-9-11(2)17-14(10-12)18-16/h9-10,13H,3-8,16H2,1-2H3,(H,17,18). The first kappa shape index (κ1) is 14.8. The molecule has 20 heavy (non-hydrogen) atoms. The summed E-state index contributed by atoms with van der Waals surface area (Å²) < 4.78 is 0. The first-order valence-corrected chi connectivity index (χ1v) is 7.42. The van der Waals surface area contributed by atoms with Crippen LogP contribution in [0.25, 0.3) is 0 Å². The summed E-state index contributed by atoms with van der Waals surface area (Å²) in [4.78, 5) is 19.0. The first-order valence-electron chi connectivity index (χ1n) is 7.42. The van der Waals surface area contributed by atoms with E-state index in [0.29, 0.717) is 17.4 Å². The number of hydrogen-bond acceptors (Lipinski definition) is 4. The van der Waals surface area contributed by atoms with Gasteiger partial charge in [0.15, 0.2) is 0 Å². The van der Waals surface area contributed by atoms with Crippen LogP contribution in [0.2, 0.25) is 0 Å². The Hall–Kier alpha value is -1.62. The number of aromatic nitrogens is 1. The number of pyridine rings is 1. The van der Waals surface area contributed by atoms with E-state index >= 15 is 0 Å². The van der Waals surface area contributed by atoms with Gasteiger partial charge >= 0.3 is 0 Å². The van der Waals surface area contributed by atoms with Crippen molar-refractivity contribution in [3.63, 3.8) is 0 Å². The van der Waals surface area contributed by atoms with Gasteiger partial charge in [0, 0.05) is 23.8 Å². The molecule has 0 radical (unpaired) electrons. The van der Waals surface area contributed by atoms with E-state index in [9.17, 15) is 4.79 Å². The molecular formula is C15H24N4O. The minimum absolute atomic E-state index is 0.102. The molecule has 1 amide bonds. The minimum atomic E-state index is 0.102. The largest absolute Gasteiger partial charge is 0.336 e. The highest BCUT2D eigenvalue weighted by atomic mass is 16.2. The molecule has 1 aromatic rings. The predicted octanol–water partition coefficient (Wildman–Crippen LogP) is 2.47. The van der Waals surface area contributed by atoms with Crippen LogP contribution < -0.4 is 11.3 Å². The van der Waals surface area contributed by atoms with Crippen molar-refractivity contribution in [2.75, 3.05) is 12.0 Å². The number of likely N-dealkylation sites (tertiary alicyclic amines) is 1. The Morgan fingerprint density at radius 3 is 3.00 bits per heavy atom. The van der Waals surface area contributed by atoms with Crippen molar-refractivity contribution in [1.82, 2.24) is 9.88 Å². The number of hydrazine groups is 1. The third-order valence-corrected chi connectivity index (χ3v) is 3.86. The molecule has 0 aliphatic carbocycles. The van der Waals surface area contributed by atoms with Gasteiger partial charge in [0.1, 0.15) is 5.82 Å². The van der Waals surface area contributed by atoms with Crippen LogP contribution in [-0.4, -0.2) is 28.4 Å². The molecule has 1 aliphatic heterocycles. The smallest absolute Gasteiger partial charge is 0.254 e. The molecule has 1 aromatic heterocycles. The van der Waals surface area contributed by atoms with Gasteiger partial charge in [-0.05, 0) is 44.7 Å². The van der Waals surface area contributed by atoms with Gasteiger partial charge in [-0.25, -0.2) is 10.8 Å². The lowest BCUT2D eigenvalue weighted by Crippen LogP contribution is -2.43. The molecule has 0 saturated carbocycles. The van der Waals surface area contributed by atoms with Crippen molar-refractivity contribution in [3.8, 4) is 0 Å². The zero-order valence-electron chi connectivity index (χ0n) is 12.4. The van der Waals surface area contributed by atoms with Gasteiger partial charge in [0.05, 0.1) is 0 Å². The molecule has 0 bridgehead atoms. The number of carbonyl (C=O) groups is 1. The molecular weight excluding hydrogens is 252 g/mol. The third-order valence-electron chi connectivity index (χ3n) is 3.86. The lowest BCUT2D eigenvalue weighted by Gasteiger charge is -2.36. The molecule has 1 aliphatic rings. The summed E-state index contributed by atoms with van der Waals surface area (Å²) in [5, 5.41) is 0. The van der Waals surface area contributed by atoms with E-state index in [0.717, 1.165) is 37.9 Å². The van der Waals surface area contributed by atoms with Crippen LogP contribution in [0, 0.1) is 6.92 Å². The van der Waals surface area contributed by atoms with Gasteiger partial charge in [-0.15, -0.1) is 0 Å². The zero-order chi connectivity index (χ0) is 14.5. The topological polar surface area (TPSA) is 71.2 Å². The van der Waals surface area contributed by atoms with Crippen molar-refractivity contribution < 1.29 is 4.79 Å². The molecule has 1 atom stereocenters. The normalized spacial score (nSPS) is 18.9. The van der Waals surface area contributed by atoms with Gasteiger partial charge in [-0.1, -0.05) is 13.3 Å². The Morgan fingerprint density at radius 2 is 2.30 bits per heavy atom. The molecule has 0 spiro atoms. The van der Waals surface area contributed by atoms with Crippen LogP contribution in [-0.2, 0) is 0 Å². The average Bonchev–Trinajstić information content (AvgIpc) is 2.46.